The Hall–Kier alpha value is -3.42. The second kappa shape index (κ2) is 18.8. The van der Waals surface area contributed by atoms with Crippen molar-refractivity contribution in [2.24, 2.45) is 5.41 Å². The summed E-state index contributed by atoms with van der Waals surface area (Å²) in [5.74, 6) is 0. The van der Waals surface area contributed by atoms with Crippen LogP contribution in [0.3, 0.4) is 0 Å². The van der Waals surface area contributed by atoms with E-state index in [0.717, 1.165) is 12.8 Å². The Kier molecular flexibility index (Phi) is 16.4. The molecule has 0 aromatic carbocycles. The third-order valence-corrected chi connectivity index (χ3v) is 6.76. The average Bonchev–Trinajstić information content (AvgIpc) is 2.85. The third kappa shape index (κ3) is 16.4. The lowest BCUT2D eigenvalue weighted by Crippen LogP contribution is -2.28. The lowest BCUT2D eigenvalue weighted by molar-refractivity contribution is 0.116. The molecule has 1 heteroatoms. The van der Waals surface area contributed by atoms with Gasteiger partial charge in [0.15, 0.2) is 0 Å². The van der Waals surface area contributed by atoms with Crippen molar-refractivity contribution in [1.82, 2.24) is 0 Å². The summed E-state index contributed by atoms with van der Waals surface area (Å²) < 4.78 is 0. The standard InChI is InChI=1S/C40H54O/c1-31(2)17-13-20-34(5)23-15-25-35(6)24-14-21-32(3)18-11-12-19-33(4)22-16-26-36(7)27-28-39-37(8)29-38(41)30-40(39,9)10/h11-28,38,41H,29-30H2,1-10H3/b12-11+,20-13+,21-14+,22-16+,25-15+,28-27+,32-18+,33-19+,34-23+,35-24+,36-26+/t38-/m0/s1. The van der Waals surface area contributed by atoms with Crippen molar-refractivity contribution in [2.75, 3.05) is 0 Å². The van der Waals surface area contributed by atoms with E-state index in [1.807, 2.05) is 0 Å². The maximum atomic E-state index is 10.1. The van der Waals surface area contributed by atoms with Gasteiger partial charge in [0, 0.05) is 0 Å². The van der Waals surface area contributed by atoms with Crippen LogP contribution in [0.1, 0.15) is 82.1 Å². The van der Waals surface area contributed by atoms with Gasteiger partial charge in [-0.15, -0.1) is 0 Å². The second-order valence-electron chi connectivity index (χ2n) is 12.1. The quantitative estimate of drug-likeness (QED) is 0.240. The first-order chi connectivity index (χ1) is 19.3. The van der Waals surface area contributed by atoms with E-state index < -0.39 is 0 Å². The second-order valence-corrected chi connectivity index (χ2v) is 12.1. The lowest BCUT2D eigenvalue weighted by atomic mass is 9.71. The highest BCUT2D eigenvalue weighted by Gasteiger charge is 2.31. The fourth-order valence-electron chi connectivity index (χ4n) is 4.53. The molecule has 1 atom stereocenters. The Morgan fingerprint density at radius 3 is 1.34 bits per heavy atom. The molecule has 0 radical (unpaired) electrons. The number of aliphatic hydroxyl groups is 1. The number of aliphatic hydroxyl groups excluding tert-OH is 1. The highest BCUT2D eigenvalue weighted by molar-refractivity contribution is 5.38. The summed E-state index contributed by atoms with van der Waals surface area (Å²) in [6.07, 6.45) is 39.5. The summed E-state index contributed by atoms with van der Waals surface area (Å²) in [6.45, 7) is 21.3. The number of rotatable bonds is 12. The molecule has 1 nitrogen and oxygen atoms in total. The summed E-state index contributed by atoms with van der Waals surface area (Å²) >= 11 is 0. The van der Waals surface area contributed by atoms with Gasteiger partial charge >= 0.3 is 0 Å². The summed E-state index contributed by atoms with van der Waals surface area (Å²) in [7, 11) is 0. The van der Waals surface area contributed by atoms with Crippen LogP contribution in [0.5, 0.6) is 0 Å². The summed E-state index contributed by atoms with van der Waals surface area (Å²) in [5.41, 5.74) is 9.97. The van der Waals surface area contributed by atoms with Gasteiger partial charge in [0.25, 0.3) is 0 Å². The maximum Gasteiger partial charge on any atom is 0.0585 e. The Morgan fingerprint density at radius 1 is 0.585 bits per heavy atom. The minimum atomic E-state index is -0.223. The Labute approximate surface area is 252 Å². The number of allylic oxidation sites excluding steroid dienone is 25. The fraction of sp³-hybridized carbons (Fsp3) is 0.350. The lowest BCUT2D eigenvalue weighted by Gasteiger charge is -2.35. The SMILES string of the molecule is CC(C)=C/C=C/C(C)=C/C=C/C(C)=C/C=C/C(C)=C/C=C/C=C(C)/C=C/C=C(C)/C=C/C1=C(C)C[C@H](O)CC1(C)C. The molecule has 0 spiro atoms. The molecule has 0 amide bonds. The van der Waals surface area contributed by atoms with Crippen LogP contribution in [0, 0.1) is 5.41 Å². The highest BCUT2D eigenvalue weighted by atomic mass is 16.3. The average molecular weight is 551 g/mol. The van der Waals surface area contributed by atoms with Gasteiger partial charge in [0.1, 0.15) is 0 Å². The van der Waals surface area contributed by atoms with Gasteiger partial charge in [-0.25, -0.2) is 0 Å². The molecule has 1 N–H and O–H groups in total. The van der Waals surface area contributed by atoms with Gasteiger partial charge in [-0.2, -0.15) is 0 Å². The van der Waals surface area contributed by atoms with Crippen molar-refractivity contribution < 1.29 is 5.11 Å². The monoisotopic (exact) mass is 550 g/mol. The molecular weight excluding hydrogens is 496 g/mol. The van der Waals surface area contributed by atoms with Crippen LogP contribution in [0.2, 0.25) is 0 Å². The Morgan fingerprint density at radius 2 is 0.951 bits per heavy atom. The zero-order valence-electron chi connectivity index (χ0n) is 27.3. The van der Waals surface area contributed by atoms with E-state index in [-0.39, 0.29) is 11.5 Å². The van der Waals surface area contributed by atoms with E-state index in [2.05, 4.69) is 179 Å². The largest absolute Gasteiger partial charge is 0.393 e. The predicted molar refractivity (Wildman–Crippen MR) is 185 cm³/mol. The first-order valence-corrected chi connectivity index (χ1v) is 14.7. The molecule has 1 aliphatic carbocycles. The Balaban J connectivity index is 2.63. The van der Waals surface area contributed by atoms with Crippen LogP contribution < -0.4 is 0 Å². The minimum absolute atomic E-state index is 0.00964. The van der Waals surface area contributed by atoms with Crippen molar-refractivity contribution in [2.45, 2.75) is 88.2 Å². The number of hydrogen-bond acceptors (Lipinski definition) is 1. The van der Waals surface area contributed by atoms with Crippen molar-refractivity contribution in [3.63, 3.8) is 0 Å². The van der Waals surface area contributed by atoms with Gasteiger partial charge < -0.3 is 5.11 Å². The minimum Gasteiger partial charge on any atom is -0.393 e. The molecule has 0 heterocycles. The molecule has 0 aliphatic heterocycles. The molecule has 0 bridgehead atoms. The molecule has 220 valence electrons. The molecule has 0 unspecified atom stereocenters. The molecule has 0 aromatic rings. The molecule has 1 rings (SSSR count). The van der Waals surface area contributed by atoms with Gasteiger partial charge in [-0.05, 0) is 79.2 Å². The molecular formula is C40H54O. The van der Waals surface area contributed by atoms with Crippen LogP contribution in [0.15, 0.2) is 154 Å². The van der Waals surface area contributed by atoms with E-state index in [0.29, 0.717) is 0 Å². The van der Waals surface area contributed by atoms with Gasteiger partial charge in [-0.3, -0.25) is 0 Å². The molecule has 1 aliphatic rings. The number of hydrogen-bond donors (Lipinski definition) is 1. The molecule has 41 heavy (non-hydrogen) atoms. The highest BCUT2D eigenvalue weighted by Crippen LogP contribution is 2.41. The van der Waals surface area contributed by atoms with Crippen molar-refractivity contribution in [3.05, 3.63) is 154 Å². The van der Waals surface area contributed by atoms with E-state index in [4.69, 9.17) is 0 Å². The smallest absolute Gasteiger partial charge is 0.0585 e. The molecule has 0 fully saturated rings. The maximum absolute atomic E-state index is 10.1. The molecule has 0 saturated carbocycles. The van der Waals surface area contributed by atoms with E-state index in [1.165, 1.54) is 44.6 Å². The zero-order valence-corrected chi connectivity index (χ0v) is 27.3. The first-order valence-electron chi connectivity index (χ1n) is 14.7. The zero-order chi connectivity index (χ0) is 30.8. The van der Waals surface area contributed by atoms with Crippen LogP contribution in [0.4, 0.5) is 0 Å². The van der Waals surface area contributed by atoms with Crippen molar-refractivity contribution in [3.8, 4) is 0 Å². The summed E-state index contributed by atoms with van der Waals surface area (Å²) in [5, 5.41) is 10.1. The molecule has 0 saturated heterocycles. The van der Waals surface area contributed by atoms with E-state index >= 15 is 0 Å². The first kappa shape index (κ1) is 35.6. The Bertz CT molecular complexity index is 1260. The normalized spacial score (nSPS) is 20.4. The van der Waals surface area contributed by atoms with Gasteiger partial charge in [0.05, 0.1) is 6.10 Å². The van der Waals surface area contributed by atoms with Gasteiger partial charge in [0.2, 0.25) is 0 Å². The fourth-order valence-corrected chi connectivity index (χ4v) is 4.53. The predicted octanol–water partition coefficient (Wildman–Crippen LogP) is 11.5. The van der Waals surface area contributed by atoms with E-state index in [9.17, 15) is 5.11 Å². The van der Waals surface area contributed by atoms with Crippen LogP contribution in [-0.2, 0) is 0 Å². The van der Waals surface area contributed by atoms with Crippen LogP contribution >= 0.6 is 0 Å². The van der Waals surface area contributed by atoms with E-state index in [1.54, 1.807) is 0 Å². The van der Waals surface area contributed by atoms with Crippen LogP contribution in [-0.4, -0.2) is 11.2 Å². The van der Waals surface area contributed by atoms with Crippen LogP contribution in [0.25, 0.3) is 0 Å². The third-order valence-electron chi connectivity index (χ3n) is 6.76. The van der Waals surface area contributed by atoms with Crippen molar-refractivity contribution in [1.29, 1.82) is 0 Å². The summed E-state index contributed by atoms with van der Waals surface area (Å²) in [4.78, 5) is 0. The molecule has 0 aromatic heterocycles. The van der Waals surface area contributed by atoms with Gasteiger partial charge in [-0.1, -0.05) is 162 Å². The summed E-state index contributed by atoms with van der Waals surface area (Å²) in [6, 6.07) is 0. The van der Waals surface area contributed by atoms with Crippen molar-refractivity contribution >= 4 is 0 Å². The topological polar surface area (TPSA) is 20.2 Å².